The number of aliphatic hydroxyl groups is 1. The van der Waals surface area contributed by atoms with Gasteiger partial charge in [0.15, 0.2) is 0 Å². The van der Waals surface area contributed by atoms with Gasteiger partial charge in [0.05, 0.1) is 6.10 Å². The molecular formula is C15H18O2. The van der Waals surface area contributed by atoms with E-state index in [9.17, 15) is 9.90 Å². The molecule has 0 aromatic rings. The van der Waals surface area contributed by atoms with Crippen LogP contribution in [0.4, 0.5) is 0 Å². The lowest BCUT2D eigenvalue weighted by atomic mass is 10.1. The molecule has 0 aromatic carbocycles. The molecule has 0 aliphatic heterocycles. The first-order valence-electron chi connectivity index (χ1n) is 5.77. The van der Waals surface area contributed by atoms with E-state index in [1.165, 1.54) is 12.2 Å². The van der Waals surface area contributed by atoms with Gasteiger partial charge in [0, 0.05) is 0 Å². The lowest BCUT2D eigenvalue weighted by Crippen LogP contribution is -2.00. The zero-order valence-electron chi connectivity index (χ0n) is 10.1. The van der Waals surface area contributed by atoms with E-state index in [4.69, 9.17) is 0 Å². The molecule has 0 saturated carbocycles. The molecule has 0 bridgehead atoms. The maximum absolute atomic E-state index is 9.89. The van der Waals surface area contributed by atoms with Crippen LogP contribution in [0.1, 0.15) is 32.6 Å². The Morgan fingerprint density at radius 2 is 1.88 bits per heavy atom. The predicted octanol–water partition coefficient (Wildman–Crippen LogP) is 2.25. The SMILES string of the molecule is CCCCCC(O)C=CC#CC#CC=CC=O. The summed E-state index contributed by atoms with van der Waals surface area (Å²) in [4.78, 5) is 9.89. The van der Waals surface area contributed by atoms with E-state index in [0.29, 0.717) is 6.29 Å². The molecule has 90 valence electrons. The van der Waals surface area contributed by atoms with Gasteiger partial charge in [-0.1, -0.05) is 38.0 Å². The van der Waals surface area contributed by atoms with Crippen molar-refractivity contribution in [2.24, 2.45) is 0 Å². The van der Waals surface area contributed by atoms with E-state index >= 15 is 0 Å². The van der Waals surface area contributed by atoms with Crippen LogP contribution in [-0.2, 0) is 4.79 Å². The topological polar surface area (TPSA) is 37.3 Å². The monoisotopic (exact) mass is 230 g/mol. The molecule has 0 rings (SSSR count). The average Bonchev–Trinajstić information content (AvgIpc) is 2.33. The van der Waals surface area contributed by atoms with Crippen molar-refractivity contribution in [3.05, 3.63) is 24.3 Å². The average molecular weight is 230 g/mol. The summed E-state index contributed by atoms with van der Waals surface area (Å²) < 4.78 is 0. The Kier molecular flexibility index (Phi) is 11.0. The minimum absolute atomic E-state index is 0.418. The number of allylic oxidation sites excluding steroid dienone is 3. The number of hydrogen-bond donors (Lipinski definition) is 1. The summed E-state index contributed by atoms with van der Waals surface area (Å²) in [5, 5.41) is 9.51. The van der Waals surface area contributed by atoms with E-state index in [0.717, 1.165) is 25.7 Å². The Hall–Kier alpha value is -1.77. The van der Waals surface area contributed by atoms with Gasteiger partial charge in [-0.05, 0) is 42.6 Å². The van der Waals surface area contributed by atoms with Crippen LogP contribution in [0.25, 0.3) is 0 Å². The van der Waals surface area contributed by atoms with Crippen molar-refractivity contribution in [2.45, 2.75) is 38.7 Å². The van der Waals surface area contributed by atoms with Crippen molar-refractivity contribution in [1.29, 1.82) is 0 Å². The smallest absolute Gasteiger partial charge is 0.143 e. The Morgan fingerprint density at radius 3 is 2.53 bits per heavy atom. The molecule has 2 nitrogen and oxygen atoms in total. The molecule has 0 amide bonds. The van der Waals surface area contributed by atoms with Crippen LogP contribution in [0.3, 0.4) is 0 Å². The summed E-state index contributed by atoms with van der Waals surface area (Å²) in [7, 11) is 0. The summed E-state index contributed by atoms with van der Waals surface area (Å²) in [6.07, 6.45) is 10.4. The standard InChI is InChI=1S/C15H18O2/c1-2-3-9-12-15(17)13-10-7-5-4-6-8-11-14-16/h8,10-11,13-15,17H,2-3,9,12H2,1H3. The first-order chi connectivity index (χ1) is 8.31. The van der Waals surface area contributed by atoms with Crippen LogP contribution in [0.15, 0.2) is 24.3 Å². The number of carbonyl (C=O) groups excluding carboxylic acids is 1. The van der Waals surface area contributed by atoms with Gasteiger partial charge in [-0.3, -0.25) is 4.79 Å². The molecule has 0 fully saturated rings. The molecule has 0 heterocycles. The summed E-state index contributed by atoms with van der Waals surface area (Å²) in [5.74, 6) is 10.4. The number of rotatable bonds is 6. The molecule has 0 aromatic heterocycles. The summed E-state index contributed by atoms with van der Waals surface area (Å²) in [6.45, 7) is 2.13. The maximum atomic E-state index is 9.89. The van der Waals surface area contributed by atoms with Crippen molar-refractivity contribution in [1.82, 2.24) is 0 Å². The Morgan fingerprint density at radius 1 is 1.18 bits per heavy atom. The van der Waals surface area contributed by atoms with Crippen LogP contribution >= 0.6 is 0 Å². The zero-order valence-corrected chi connectivity index (χ0v) is 10.1. The third-order valence-corrected chi connectivity index (χ3v) is 1.97. The van der Waals surface area contributed by atoms with E-state index in [1.807, 2.05) is 0 Å². The first kappa shape index (κ1) is 15.2. The summed E-state index contributed by atoms with van der Waals surface area (Å²) in [6, 6.07) is 0. The minimum Gasteiger partial charge on any atom is -0.389 e. The predicted molar refractivity (Wildman–Crippen MR) is 70.0 cm³/mol. The first-order valence-corrected chi connectivity index (χ1v) is 5.77. The Bertz CT molecular complexity index is 369. The fourth-order valence-electron chi connectivity index (χ4n) is 1.10. The van der Waals surface area contributed by atoms with Crippen molar-refractivity contribution < 1.29 is 9.90 Å². The van der Waals surface area contributed by atoms with Gasteiger partial charge in [-0.2, -0.15) is 0 Å². The van der Waals surface area contributed by atoms with Gasteiger partial charge in [0.1, 0.15) is 6.29 Å². The highest BCUT2D eigenvalue weighted by Crippen LogP contribution is 2.03. The maximum Gasteiger partial charge on any atom is 0.143 e. The largest absolute Gasteiger partial charge is 0.389 e. The van der Waals surface area contributed by atoms with Gasteiger partial charge in [0.25, 0.3) is 0 Å². The molecule has 2 heteroatoms. The highest BCUT2D eigenvalue weighted by atomic mass is 16.3. The molecule has 1 unspecified atom stereocenters. The number of hydrogen-bond acceptors (Lipinski definition) is 2. The van der Waals surface area contributed by atoms with Gasteiger partial charge < -0.3 is 5.11 Å². The molecule has 0 aliphatic rings. The molecule has 0 radical (unpaired) electrons. The van der Waals surface area contributed by atoms with Crippen molar-refractivity contribution >= 4 is 6.29 Å². The van der Waals surface area contributed by atoms with E-state index in [-0.39, 0.29) is 0 Å². The summed E-state index contributed by atoms with van der Waals surface area (Å²) >= 11 is 0. The fraction of sp³-hybridized carbons (Fsp3) is 0.400. The molecule has 1 atom stereocenters. The molecular weight excluding hydrogens is 212 g/mol. The summed E-state index contributed by atoms with van der Waals surface area (Å²) in [5.41, 5.74) is 0. The van der Waals surface area contributed by atoms with Crippen LogP contribution in [-0.4, -0.2) is 17.5 Å². The highest BCUT2D eigenvalue weighted by Gasteiger charge is 1.96. The highest BCUT2D eigenvalue weighted by molar-refractivity contribution is 5.65. The third kappa shape index (κ3) is 12.2. The van der Waals surface area contributed by atoms with Gasteiger partial charge in [-0.25, -0.2) is 0 Å². The van der Waals surface area contributed by atoms with Gasteiger partial charge in [-0.15, -0.1) is 0 Å². The zero-order chi connectivity index (χ0) is 12.8. The third-order valence-electron chi connectivity index (χ3n) is 1.97. The molecule has 0 spiro atoms. The Balaban J connectivity index is 3.84. The number of unbranched alkanes of at least 4 members (excludes halogenated alkanes) is 2. The normalized spacial score (nSPS) is 11.6. The molecule has 0 saturated heterocycles. The molecule has 0 aliphatic carbocycles. The number of aliphatic hydroxyl groups excluding tert-OH is 1. The second kappa shape index (κ2) is 12.3. The molecule has 17 heavy (non-hydrogen) atoms. The number of carbonyl (C=O) groups is 1. The van der Waals surface area contributed by atoms with E-state index in [1.54, 1.807) is 12.2 Å². The second-order valence-corrected chi connectivity index (χ2v) is 3.46. The van der Waals surface area contributed by atoms with Crippen molar-refractivity contribution in [2.75, 3.05) is 0 Å². The van der Waals surface area contributed by atoms with Crippen molar-refractivity contribution in [3.8, 4) is 23.7 Å². The van der Waals surface area contributed by atoms with Gasteiger partial charge in [0.2, 0.25) is 0 Å². The lowest BCUT2D eigenvalue weighted by Gasteiger charge is -2.02. The van der Waals surface area contributed by atoms with Crippen molar-refractivity contribution in [3.63, 3.8) is 0 Å². The molecule has 1 N–H and O–H groups in total. The van der Waals surface area contributed by atoms with E-state index < -0.39 is 6.10 Å². The van der Waals surface area contributed by atoms with Crippen LogP contribution in [0, 0.1) is 23.7 Å². The minimum atomic E-state index is -0.418. The lowest BCUT2D eigenvalue weighted by molar-refractivity contribution is -0.104. The van der Waals surface area contributed by atoms with Gasteiger partial charge >= 0.3 is 0 Å². The quantitative estimate of drug-likeness (QED) is 0.329. The van der Waals surface area contributed by atoms with E-state index in [2.05, 4.69) is 30.6 Å². The number of aldehydes is 1. The Labute approximate surface area is 103 Å². The van der Waals surface area contributed by atoms with Crippen LogP contribution < -0.4 is 0 Å². The fourth-order valence-corrected chi connectivity index (χ4v) is 1.10. The van der Waals surface area contributed by atoms with Crippen LogP contribution in [0.2, 0.25) is 0 Å². The second-order valence-electron chi connectivity index (χ2n) is 3.46. The van der Waals surface area contributed by atoms with Crippen LogP contribution in [0.5, 0.6) is 0 Å².